The molecule has 2 heterocycles. The van der Waals surface area contributed by atoms with Crippen molar-refractivity contribution in [2.45, 2.75) is 57.3 Å². The highest BCUT2D eigenvalue weighted by Crippen LogP contribution is 2.38. The van der Waals surface area contributed by atoms with Gasteiger partial charge in [-0.15, -0.1) is 11.3 Å². The van der Waals surface area contributed by atoms with Gasteiger partial charge >= 0.3 is 5.97 Å². The lowest BCUT2D eigenvalue weighted by Gasteiger charge is -2.28. The highest BCUT2D eigenvalue weighted by Gasteiger charge is 2.52. The molecule has 1 aliphatic heterocycles. The van der Waals surface area contributed by atoms with Crippen LogP contribution >= 0.6 is 11.3 Å². The summed E-state index contributed by atoms with van der Waals surface area (Å²) in [5.74, 6) is -0.0865. The van der Waals surface area contributed by atoms with Gasteiger partial charge in [-0.2, -0.15) is 0 Å². The fraction of sp³-hybridized carbons (Fsp3) is 0.688. The van der Waals surface area contributed by atoms with E-state index in [1.807, 2.05) is 13.0 Å². The van der Waals surface area contributed by atoms with Crippen molar-refractivity contribution < 1.29 is 9.53 Å². The van der Waals surface area contributed by atoms with Crippen LogP contribution in [0.15, 0.2) is 17.5 Å². The maximum atomic E-state index is 12.6. The highest BCUT2D eigenvalue weighted by molar-refractivity contribution is 7.09. The van der Waals surface area contributed by atoms with Crippen molar-refractivity contribution in [2.75, 3.05) is 13.2 Å². The number of hydrogen-bond acceptors (Lipinski definition) is 5. The smallest absolute Gasteiger partial charge is 0.327 e. The first-order valence-corrected chi connectivity index (χ1v) is 8.73. The Bertz CT molecular complexity index is 486. The van der Waals surface area contributed by atoms with Crippen LogP contribution in [-0.4, -0.2) is 41.6 Å². The van der Waals surface area contributed by atoms with Crippen molar-refractivity contribution in [3.8, 4) is 0 Å². The van der Waals surface area contributed by atoms with Gasteiger partial charge in [0.25, 0.3) is 0 Å². The Morgan fingerprint density at radius 3 is 3.00 bits per heavy atom. The number of ether oxygens (including phenoxy) is 1. The normalized spacial score (nSPS) is 29.7. The maximum Gasteiger partial charge on any atom is 0.327 e. The molecule has 0 amide bonds. The molecule has 1 aromatic heterocycles. The molecule has 21 heavy (non-hydrogen) atoms. The molecule has 2 fully saturated rings. The van der Waals surface area contributed by atoms with E-state index in [4.69, 9.17) is 4.74 Å². The Hall–Kier alpha value is -0.910. The Kier molecular flexibility index (Phi) is 4.33. The molecular formula is C16H24N2O2S. The molecule has 1 N–H and O–H groups in total. The zero-order chi connectivity index (χ0) is 14.9. The van der Waals surface area contributed by atoms with E-state index >= 15 is 0 Å². The van der Waals surface area contributed by atoms with Crippen LogP contribution in [0, 0.1) is 0 Å². The van der Waals surface area contributed by atoms with Gasteiger partial charge in [0.15, 0.2) is 0 Å². The Balaban J connectivity index is 1.73. The first-order valence-electron chi connectivity index (χ1n) is 7.85. The number of hydrogen-bond donors (Lipinski definition) is 1. The van der Waals surface area contributed by atoms with Crippen LogP contribution in [0.25, 0.3) is 0 Å². The van der Waals surface area contributed by atoms with E-state index in [2.05, 4.69) is 28.6 Å². The van der Waals surface area contributed by atoms with Crippen molar-refractivity contribution in [1.82, 2.24) is 10.2 Å². The van der Waals surface area contributed by atoms with Crippen LogP contribution in [0.5, 0.6) is 0 Å². The first kappa shape index (κ1) is 15.0. The molecule has 5 heteroatoms. The van der Waals surface area contributed by atoms with Gasteiger partial charge in [0.05, 0.1) is 6.61 Å². The molecule has 1 aliphatic carbocycles. The Morgan fingerprint density at radius 2 is 2.38 bits per heavy atom. The lowest BCUT2D eigenvalue weighted by atomic mass is 9.96. The molecule has 3 rings (SSSR count). The third kappa shape index (κ3) is 3.15. The summed E-state index contributed by atoms with van der Waals surface area (Å²) in [4.78, 5) is 16.3. The molecule has 1 saturated carbocycles. The highest BCUT2D eigenvalue weighted by atomic mass is 32.1. The Labute approximate surface area is 130 Å². The molecule has 4 nitrogen and oxygen atoms in total. The minimum atomic E-state index is -0.540. The summed E-state index contributed by atoms with van der Waals surface area (Å²) in [6, 6.07) is 5.28. The minimum absolute atomic E-state index is 0.0865. The fourth-order valence-corrected chi connectivity index (χ4v) is 3.98. The molecule has 0 aromatic carbocycles. The van der Waals surface area contributed by atoms with Gasteiger partial charge in [-0.3, -0.25) is 10.2 Å². The van der Waals surface area contributed by atoms with Gasteiger partial charge in [-0.25, -0.2) is 4.79 Å². The molecule has 0 radical (unpaired) electrons. The summed E-state index contributed by atoms with van der Waals surface area (Å²) in [6.45, 7) is 6.07. The summed E-state index contributed by atoms with van der Waals surface area (Å²) in [7, 11) is 0. The largest absolute Gasteiger partial charge is 0.465 e. The Morgan fingerprint density at radius 1 is 1.57 bits per heavy atom. The van der Waals surface area contributed by atoms with Gasteiger partial charge < -0.3 is 4.74 Å². The van der Waals surface area contributed by atoms with Crippen LogP contribution < -0.4 is 5.32 Å². The van der Waals surface area contributed by atoms with E-state index in [9.17, 15) is 4.79 Å². The predicted molar refractivity (Wildman–Crippen MR) is 84.3 cm³/mol. The summed E-state index contributed by atoms with van der Waals surface area (Å²) in [5.41, 5.74) is -0.540. The second-order valence-electron chi connectivity index (χ2n) is 6.19. The second kappa shape index (κ2) is 6.07. The summed E-state index contributed by atoms with van der Waals surface area (Å²) >= 11 is 1.72. The summed E-state index contributed by atoms with van der Waals surface area (Å²) in [6.07, 6.45) is 3.38. The molecule has 1 aromatic rings. The number of carbonyl (C=O) groups excluding carboxylic acids is 1. The van der Waals surface area contributed by atoms with Crippen LogP contribution in [-0.2, 0) is 16.1 Å². The lowest BCUT2D eigenvalue weighted by molar-refractivity contribution is -0.150. The molecule has 116 valence electrons. The maximum absolute atomic E-state index is 12.6. The first-order chi connectivity index (χ1) is 10.1. The monoisotopic (exact) mass is 308 g/mol. The van der Waals surface area contributed by atoms with Crippen molar-refractivity contribution in [2.24, 2.45) is 0 Å². The number of nitrogens with one attached hydrogen (secondary N) is 1. The second-order valence-corrected chi connectivity index (χ2v) is 7.22. The van der Waals surface area contributed by atoms with Gasteiger partial charge in [0, 0.05) is 30.1 Å². The molecular weight excluding hydrogens is 284 g/mol. The zero-order valence-electron chi connectivity index (χ0n) is 12.8. The molecule has 0 bridgehead atoms. The third-order valence-electron chi connectivity index (χ3n) is 4.53. The van der Waals surface area contributed by atoms with Crippen LogP contribution in [0.2, 0.25) is 0 Å². The van der Waals surface area contributed by atoms with Crippen molar-refractivity contribution >= 4 is 17.3 Å². The lowest BCUT2D eigenvalue weighted by Crippen LogP contribution is -2.54. The molecule has 1 saturated heterocycles. The number of esters is 1. The van der Waals surface area contributed by atoms with E-state index in [-0.39, 0.29) is 5.97 Å². The van der Waals surface area contributed by atoms with E-state index in [0.29, 0.717) is 18.7 Å². The standard InChI is InChI=1S/C16H24N2O2S/c1-3-20-15(19)16(17-10-14-5-4-8-21-14)9-12(2)18(11-16)13-6-7-13/h4-5,8,12-13,17H,3,6-7,9-11H2,1-2H3. The van der Waals surface area contributed by atoms with Gasteiger partial charge in [0.2, 0.25) is 0 Å². The molecule has 2 atom stereocenters. The van der Waals surface area contributed by atoms with Crippen LogP contribution in [0.4, 0.5) is 0 Å². The predicted octanol–water partition coefficient (Wildman–Crippen LogP) is 2.40. The van der Waals surface area contributed by atoms with Gasteiger partial charge in [-0.05, 0) is 44.6 Å². The quantitative estimate of drug-likeness (QED) is 0.819. The van der Waals surface area contributed by atoms with Crippen molar-refractivity contribution in [1.29, 1.82) is 0 Å². The summed E-state index contributed by atoms with van der Waals surface area (Å²) in [5, 5.41) is 5.59. The molecule has 2 aliphatic rings. The molecule has 0 spiro atoms. The van der Waals surface area contributed by atoms with E-state index in [1.165, 1.54) is 17.7 Å². The molecule has 2 unspecified atom stereocenters. The van der Waals surface area contributed by atoms with Gasteiger partial charge in [0.1, 0.15) is 5.54 Å². The average molecular weight is 308 g/mol. The van der Waals surface area contributed by atoms with Crippen molar-refractivity contribution in [3.05, 3.63) is 22.4 Å². The van der Waals surface area contributed by atoms with Gasteiger partial charge in [-0.1, -0.05) is 6.07 Å². The number of likely N-dealkylation sites (tertiary alicyclic amines) is 1. The number of carbonyl (C=O) groups is 1. The SMILES string of the molecule is CCOC(=O)C1(NCc2cccs2)CC(C)N(C2CC2)C1. The zero-order valence-corrected chi connectivity index (χ0v) is 13.6. The third-order valence-corrected chi connectivity index (χ3v) is 5.40. The summed E-state index contributed by atoms with van der Waals surface area (Å²) < 4.78 is 5.37. The van der Waals surface area contributed by atoms with Crippen molar-refractivity contribution in [3.63, 3.8) is 0 Å². The topological polar surface area (TPSA) is 41.6 Å². The van der Waals surface area contributed by atoms with Crippen LogP contribution in [0.1, 0.15) is 38.0 Å². The van der Waals surface area contributed by atoms with Crippen LogP contribution in [0.3, 0.4) is 0 Å². The fourth-order valence-electron chi connectivity index (χ4n) is 3.34. The van der Waals surface area contributed by atoms with E-state index < -0.39 is 5.54 Å². The number of thiophene rings is 1. The minimum Gasteiger partial charge on any atom is -0.465 e. The van der Waals surface area contributed by atoms with E-state index in [1.54, 1.807) is 11.3 Å². The average Bonchev–Trinajstić information content (AvgIpc) is 3.05. The number of nitrogens with zero attached hydrogens (tertiary/aromatic N) is 1. The number of rotatable bonds is 6. The van der Waals surface area contributed by atoms with E-state index in [0.717, 1.165) is 19.5 Å².